The molecule has 3 aromatic rings. The summed E-state index contributed by atoms with van der Waals surface area (Å²) in [7, 11) is 0. The van der Waals surface area contributed by atoms with E-state index < -0.39 is 5.66 Å². The molecule has 5 rings (SSSR count). The van der Waals surface area contributed by atoms with Crippen molar-refractivity contribution in [3.8, 4) is 0 Å². The van der Waals surface area contributed by atoms with E-state index in [2.05, 4.69) is 10.3 Å². The molecule has 7 heteroatoms. The van der Waals surface area contributed by atoms with Gasteiger partial charge in [-0.15, -0.1) is 0 Å². The Morgan fingerprint density at radius 3 is 2.77 bits per heavy atom. The number of amides is 3. The first-order valence-electron chi connectivity index (χ1n) is 10.4. The highest BCUT2D eigenvalue weighted by Crippen LogP contribution is 2.44. The van der Waals surface area contributed by atoms with Crippen LogP contribution in [0, 0.1) is 0 Å². The molecule has 31 heavy (non-hydrogen) atoms. The Hall–Kier alpha value is -3.74. The summed E-state index contributed by atoms with van der Waals surface area (Å²) >= 11 is 0. The van der Waals surface area contributed by atoms with Crippen molar-refractivity contribution in [1.29, 1.82) is 0 Å². The summed E-state index contributed by atoms with van der Waals surface area (Å²) in [5.41, 5.74) is 1.75. The largest absolute Gasteiger partial charge is 0.324 e. The number of carbonyl (C=O) groups is 3. The monoisotopic (exact) mass is 414 g/mol. The standard InChI is InChI=1S/C24H22N4O3/c1-24-13-11-21(30)28(24)19-10-3-2-8-17(19)23(31)27(24)15-12-20(29)26-18-9-4-6-16-7-5-14-25-22(16)18/h2-10,14H,11-13,15H2,1H3,(H,26,29)/t24-/m0/s1. The number of aromatic nitrogens is 1. The van der Waals surface area contributed by atoms with Crippen LogP contribution >= 0.6 is 0 Å². The number of anilines is 2. The number of hydrogen-bond donors (Lipinski definition) is 1. The van der Waals surface area contributed by atoms with Crippen molar-refractivity contribution in [2.75, 3.05) is 16.8 Å². The van der Waals surface area contributed by atoms with Crippen LogP contribution in [0.25, 0.3) is 10.9 Å². The molecule has 2 aliphatic heterocycles. The van der Waals surface area contributed by atoms with Crippen molar-refractivity contribution in [2.45, 2.75) is 31.8 Å². The fraction of sp³-hybridized carbons (Fsp3) is 0.250. The number of carbonyl (C=O) groups excluding carboxylic acids is 3. The highest BCUT2D eigenvalue weighted by atomic mass is 16.2. The van der Waals surface area contributed by atoms with E-state index in [1.165, 1.54) is 0 Å². The van der Waals surface area contributed by atoms with E-state index in [4.69, 9.17) is 0 Å². The molecule has 2 aliphatic rings. The van der Waals surface area contributed by atoms with Crippen LogP contribution in [0.3, 0.4) is 0 Å². The molecule has 0 unspecified atom stereocenters. The maximum Gasteiger partial charge on any atom is 0.257 e. The van der Waals surface area contributed by atoms with Crippen LogP contribution in [0.15, 0.2) is 60.8 Å². The van der Waals surface area contributed by atoms with Crippen LogP contribution in [-0.4, -0.2) is 39.8 Å². The number of benzene rings is 2. The van der Waals surface area contributed by atoms with E-state index in [-0.39, 0.29) is 30.7 Å². The summed E-state index contributed by atoms with van der Waals surface area (Å²) in [5.74, 6) is -0.355. The maximum atomic E-state index is 13.3. The van der Waals surface area contributed by atoms with E-state index in [9.17, 15) is 14.4 Å². The zero-order valence-electron chi connectivity index (χ0n) is 17.2. The molecular formula is C24H22N4O3. The summed E-state index contributed by atoms with van der Waals surface area (Å²) in [6, 6.07) is 16.6. The zero-order chi connectivity index (χ0) is 21.6. The fourth-order valence-corrected chi connectivity index (χ4v) is 4.67. The Labute approximate surface area is 179 Å². The van der Waals surface area contributed by atoms with Gasteiger partial charge in [-0.2, -0.15) is 0 Å². The van der Waals surface area contributed by atoms with E-state index >= 15 is 0 Å². The zero-order valence-corrected chi connectivity index (χ0v) is 17.2. The third kappa shape index (κ3) is 3.04. The summed E-state index contributed by atoms with van der Waals surface area (Å²) in [6.07, 6.45) is 2.73. The summed E-state index contributed by atoms with van der Waals surface area (Å²) in [6.45, 7) is 2.12. The minimum Gasteiger partial charge on any atom is -0.324 e. The van der Waals surface area contributed by atoms with E-state index in [0.29, 0.717) is 29.8 Å². The summed E-state index contributed by atoms with van der Waals surface area (Å²) in [5, 5.41) is 3.86. The highest BCUT2D eigenvalue weighted by molar-refractivity contribution is 6.10. The topological polar surface area (TPSA) is 82.6 Å². The smallest absolute Gasteiger partial charge is 0.257 e. The number of fused-ring (bicyclic) bond motifs is 4. The maximum absolute atomic E-state index is 13.3. The van der Waals surface area contributed by atoms with Gasteiger partial charge in [-0.25, -0.2) is 0 Å². The van der Waals surface area contributed by atoms with Gasteiger partial charge in [-0.1, -0.05) is 30.3 Å². The van der Waals surface area contributed by atoms with Gasteiger partial charge in [0.1, 0.15) is 5.66 Å². The molecule has 1 atom stereocenters. The fourth-order valence-electron chi connectivity index (χ4n) is 4.67. The molecule has 1 aromatic heterocycles. The number of hydrogen-bond acceptors (Lipinski definition) is 4. The van der Waals surface area contributed by atoms with Crippen molar-refractivity contribution in [3.63, 3.8) is 0 Å². The van der Waals surface area contributed by atoms with Gasteiger partial charge in [0, 0.05) is 31.0 Å². The van der Waals surface area contributed by atoms with Crippen molar-refractivity contribution >= 4 is 40.0 Å². The van der Waals surface area contributed by atoms with Gasteiger partial charge in [0.25, 0.3) is 5.91 Å². The molecule has 156 valence electrons. The number of pyridine rings is 1. The average molecular weight is 414 g/mol. The minimum absolute atomic E-state index is 0.00117. The molecule has 0 bridgehead atoms. The molecule has 0 spiro atoms. The van der Waals surface area contributed by atoms with Gasteiger partial charge in [0.05, 0.1) is 22.5 Å². The van der Waals surface area contributed by atoms with Crippen molar-refractivity contribution in [1.82, 2.24) is 9.88 Å². The third-order valence-electron chi connectivity index (χ3n) is 6.21. The second-order valence-electron chi connectivity index (χ2n) is 8.10. The molecular weight excluding hydrogens is 392 g/mol. The molecule has 0 radical (unpaired) electrons. The molecule has 7 nitrogen and oxygen atoms in total. The molecule has 1 saturated heterocycles. The van der Waals surface area contributed by atoms with Gasteiger partial charge in [0.2, 0.25) is 11.8 Å². The first kappa shape index (κ1) is 19.2. The lowest BCUT2D eigenvalue weighted by Gasteiger charge is -2.48. The Bertz CT molecular complexity index is 1220. The number of para-hydroxylation sites is 2. The van der Waals surface area contributed by atoms with Crippen LogP contribution in [0.1, 0.15) is 36.5 Å². The quantitative estimate of drug-likeness (QED) is 0.708. The van der Waals surface area contributed by atoms with E-state index in [0.717, 1.165) is 10.9 Å². The molecule has 1 N–H and O–H groups in total. The van der Waals surface area contributed by atoms with E-state index in [1.54, 1.807) is 28.1 Å². The minimum atomic E-state index is -0.760. The normalized spacial score (nSPS) is 20.0. The SMILES string of the molecule is C[C@@]12CCC(=O)N1c1ccccc1C(=O)N2CCC(=O)Nc1cccc2cccnc12. The Morgan fingerprint density at radius 2 is 1.90 bits per heavy atom. The van der Waals surface area contributed by atoms with Crippen molar-refractivity contribution in [2.24, 2.45) is 0 Å². The van der Waals surface area contributed by atoms with Gasteiger partial charge < -0.3 is 10.2 Å². The van der Waals surface area contributed by atoms with Gasteiger partial charge >= 0.3 is 0 Å². The lowest BCUT2D eigenvalue weighted by Crippen LogP contribution is -2.62. The average Bonchev–Trinajstić information content (AvgIpc) is 3.09. The predicted molar refractivity (Wildman–Crippen MR) is 118 cm³/mol. The van der Waals surface area contributed by atoms with E-state index in [1.807, 2.05) is 49.4 Å². The first-order valence-corrected chi connectivity index (χ1v) is 10.4. The molecule has 3 amide bonds. The molecule has 0 saturated carbocycles. The van der Waals surface area contributed by atoms with Gasteiger partial charge in [-0.3, -0.25) is 24.3 Å². The highest BCUT2D eigenvalue weighted by Gasteiger charge is 2.52. The lowest BCUT2D eigenvalue weighted by atomic mass is 9.98. The van der Waals surface area contributed by atoms with Gasteiger partial charge in [-0.05, 0) is 37.6 Å². The lowest BCUT2D eigenvalue weighted by molar-refractivity contribution is -0.117. The third-order valence-corrected chi connectivity index (χ3v) is 6.21. The summed E-state index contributed by atoms with van der Waals surface area (Å²) in [4.78, 5) is 46.4. The second kappa shape index (κ2) is 7.19. The van der Waals surface area contributed by atoms with Crippen molar-refractivity contribution < 1.29 is 14.4 Å². The van der Waals surface area contributed by atoms with Crippen LogP contribution in [-0.2, 0) is 9.59 Å². The second-order valence-corrected chi connectivity index (χ2v) is 8.10. The number of nitrogens with zero attached hydrogens (tertiary/aromatic N) is 3. The number of rotatable bonds is 4. The Kier molecular flexibility index (Phi) is 4.46. The Morgan fingerprint density at radius 1 is 1.10 bits per heavy atom. The molecule has 1 fully saturated rings. The van der Waals surface area contributed by atoms with Crippen LogP contribution in [0.4, 0.5) is 11.4 Å². The van der Waals surface area contributed by atoms with Crippen LogP contribution < -0.4 is 10.2 Å². The van der Waals surface area contributed by atoms with Crippen LogP contribution in [0.2, 0.25) is 0 Å². The summed E-state index contributed by atoms with van der Waals surface area (Å²) < 4.78 is 0. The van der Waals surface area contributed by atoms with Crippen molar-refractivity contribution in [3.05, 3.63) is 66.4 Å². The first-order chi connectivity index (χ1) is 15.0. The van der Waals surface area contributed by atoms with Gasteiger partial charge in [0.15, 0.2) is 0 Å². The van der Waals surface area contributed by atoms with Crippen LogP contribution in [0.5, 0.6) is 0 Å². The Balaban J connectivity index is 1.38. The number of nitrogens with one attached hydrogen (secondary N) is 1. The molecule has 2 aromatic carbocycles. The predicted octanol–water partition coefficient (Wildman–Crippen LogP) is 3.56. The molecule has 0 aliphatic carbocycles. The molecule has 3 heterocycles.